The summed E-state index contributed by atoms with van der Waals surface area (Å²) in [5.41, 5.74) is 2.24. The normalized spacial score (nSPS) is 13.2. The van der Waals surface area contributed by atoms with Crippen LogP contribution >= 0.6 is 23.2 Å². The first kappa shape index (κ1) is 21.5. The Morgan fingerprint density at radius 3 is 2.76 bits per heavy atom. The fourth-order valence-electron chi connectivity index (χ4n) is 3.38. The molecule has 0 saturated carbocycles. The fraction of sp³-hybridized carbons (Fsp3) is 0.429. The first-order valence-electron chi connectivity index (χ1n) is 9.42. The van der Waals surface area contributed by atoms with Gasteiger partial charge in [-0.05, 0) is 24.3 Å². The molecule has 3 rings (SSSR count). The van der Waals surface area contributed by atoms with Crippen LogP contribution in [0.5, 0.6) is 11.5 Å². The van der Waals surface area contributed by atoms with Gasteiger partial charge in [-0.15, -0.1) is 0 Å². The van der Waals surface area contributed by atoms with Crippen LogP contribution in [0.25, 0.3) is 11.1 Å². The molecular formula is C21H24Cl2N2O4. The second-order valence-corrected chi connectivity index (χ2v) is 8.34. The van der Waals surface area contributed by atoms with Crippen molar-refractivity contribution < 1.29 is 19.0 Å². The van der Waals surface area contributed by atoms with Crippen LogP contribution in [0.15, 0.2) is 18.3 Å². The van der Waals surface area contributed by atoms with Gasteiger partial charge in [0, 0.05) is 29.0 Å². The van der Waals surface area contributed by atoms with Gasteiger partial charge in [-0.1, -0.05) is 44.0 Å². The maximum Gasteiger partial charge on any atom is 0.412 e. The van der Waals surface area contributed by atoms with Gasteiger partial charge in [0.1, 0.15) is 18.1 Å². The number of pyridine rings is 1. The fourth-order valence-corrected chi connectivity index (χ4v) is 3.92. The van der Waals surface area contributed by atoms with Crippen molar-refractivity contribution in [3.05, 3.63) is 33.9 Å². The molecule has 1 N–H and O–H groups in total. The van der Waals surface area contributed by atoms with Crippen molar-refractivity contribution in [2.24, 2.45) is 11.8 Å². The summed E-state index contributed by atoms with van der Waals surface area (Å²) >= 11 is 13.0. The molecule has 29 heavy (non-hydrogen) atoms. The molecule has 1 aliphatic heterocycles. The van der Waals surface area contributed by atoms with Crippen molar-refractivity contribution in [2.75, 3.05) is 19.0 Å². The number of nitrogens with one attached hydrogen (secondary N) is 1. The lowest BCUT2D eigenvalue weighted by atomic mass is 9.98. The Morgan fingerprint density at radius 1 is 1.31 bits per heavy atom. The lowest BCUT2D eigenvalue weighted by Gasteiger charge is -2.24. The smallest absolute Gasteiger partial charge is 0.412 e. The molecular weight excluding hydrogens is 415 g/mol. The quantitative estimate of drug-likeness (QED) is 0.582. The summed E-state index contributed by atoms with van der Waals surface area (Å²) < 4.78 is 16.4. The number of fused-ring (bicyclic) bond motifs is 3. The van der Waals surface area contributed by atoms with E-state index in [-0.39, 0.29) is 5.82 Å². The number of halogens is 2. The highest BCUT2D eigenvalue weighted by Gasteiger charge is 2.25. The minimum atomic E-state index is -0.649. The Bertz CT molecular complexity index is 918. The molecule has 1 aromatic heterocycles. The van der Waals surface area contributed by atoms with E-state index >= 15 is 0 Å². The Kier molecular flexibility index (Phi) is 6.75. The Labute approximate surface area is 180 Å². The molecule has 0 fully saturated rings. The molecule has 0 aliphatic carbocycles. The molecule has 156 valence electrons. The zero-order valence-electron chi connectivity index (χ0n) is 16.8. The Morgan fingerprint density at radius 2 is 2.07 bits per heavy atom. The maximum absolute atomic E-state index is 11.5. The molecule has 1 aromatic carbocycles. The van der Waals surface area contributed by atoms with E-state index in [1.807, 2.05) is 0 Å². The summed E-state index contributed by atoms with van der Waals surface area (Å²) in [4.78, 5) is 15.7. The number of hydrogen-bond acceptors (Lipinski definition) is 5. The predicted molar refractivity (Wildman–Crippen MR) is 114 cm³/mol. The average Bonchev–Trinajstić information content (AvgIpc) is 2.67. The third-order valence-corrected chi connectivity index (χ3v) is 5.25. The average molecular weight is 439 g/mol. The highest BCUT2D eigenvalue weighted by Crippen LogP contribution is 2.47. The third-order valence-electron chi connectivity index (χ3n) is 4.59. The van der Waals surface area contributed by atoms with E-state index in [1.54, 1.807) is 18.3 Å². The molecule has 6 nitrogen and oxygen atoms in total. The highest BCUT2D eigenvalue weighted by atomic mass is 35.5. The van der Waals surface area contributed by atoms with E-state index in [0.717, 1.165) is 23.1 Å². The summed E-state index contributed by atoms with van der Waals surface area (Å²) in [5, 5.41) is 3.28. The molecule has 0 spiro atoms. The van der Waals surface area contributed by atoms with Crippen molar-refractivity contribution in [1.29, 1.82) is 0 Å². The summed E-state index contributed by atoms with van der Waals surface area (Å²) in [6.07, 6.45) is 2.04. The number of rotatable bonds is 6. The molecule has 8 heteroatoms. The van der Waals surface area contributed by atoms with E-state index in [1.165, 1.54) is 7.11 Å². The molecule has 1 amide bonds. The monoisotopic (exact) mass is 438 g/mol. The van der Waals surface area contributed by atoms with Crippen LogP contribution < -0.4 is 14.8 Å². The maximum atomic E-state index is 11.5. The van der Waals surface area contributed by atoms with E-state index in [0.29, 0.717) is 46.6 Å². The SMILES string of the molecule is COC(=O)Nc1ncc2c(c1Cl)-c1cc(Cl)c(OC[C@H](C)CC(C)C)cc1OC2. The summed E-state index contributed by atoms with van der Waals surface area (Å²) in [6, 6.07) is 3.55. The van der Waals surface area contributed by atoms with Crippen LogP contribution in [0.1, 0.15) is 32.8 Å². The van der Waals surface area contributed by atoms with E-state index in [2.05, 4.69) is 35.8 Å². The molecule has 1 aliphatic rings. The summed E-state index contributed by atoms with van der Waals surface area (Å²) in [6.45, 7) is 7.41. The van der Waals surface area contributed by atoms with Crippen LogP contribution in [0.2, 0.25) is 10.0 Å². The Hall–Kier alpha value is -2.18. The van der Waals surface area contributed by atoms with E-state index in [4.69, 9.17) is 32.7 Å². The summed E-state index contributed by atoms with van der Waals surface area (Å²) in [7, 11) is 1.27. The zero-order chi connectivity index (χ0) is 21.1. The van der Waals surface area contributed by atoms with Crippen LogP contribution in [0.4, 0.5) is 10.6 Å². The molecule has 2 heterocycles. The molecule has 0 saturated heterocycles. The predicted octanol–water partition coefficient (Wildman–Crippen LogP) is 6.19. The largest absolute Gasteiger partial charge is 0.492 e. The molecule has 0 unspecified atom stereocenters. The van der Waals surface area contributed by atoms with Gasteiger partial charge in [0.25, 0.3) is 0 Å². The van der Waals surface area contributed by atoms with Gasteiger partial charge in [0.05, 0.1) is 23.8 Å². The number of benzene rings is 1. The number of anilines is 1. The van der Waals surface area contributed by atoms with Crippen LogP contribution in [-0.4, -0.2) is 24.8 Å². The van der Waals surface area contributed by atoms with Crippen LogP contribution in [0, 0.1) is 11.8 Å². The zero-order valence-corrected chi connectivity index (χ0v) is 18.4. The van der Waals surface area contributed by atoms with Gasteiger partial charge in [0.15, 0.2) is 5.82 Å². The van der Waals surface area contributed by atoms with Crippen molar-refractivity contribution in [1.82, 2.24) is 4.98 Å². The van der Waals surface area contributed by atoms with Crippen LogP contribution in [0.3, 0.4) is 0 Å². The molecule has 2 aromatic rings. The molecule has 0 radical (unpaired) electrons. The van der Waals surface area contributed by atoms with Crippen molar-refractivity contribution in [3.8, 4) is 22.6 Å². The minimum Gasteiger partial charge on any atom is -0.492 e. The van der Waals surface area contributed by atoms with Gasteiger partial charge in [-0.2, -0.15) is 0 Å². The van der Waals surface area contributed by atoms with Crippen molar-refractivity contribution >= 4 is 35.1 Å². The number of nitrogens with zero attached hydrogens (tertiary/aromatic N) is 1. The van der Waals surface area contributed by atoms with Gasteiger partial charge >= 0.3 is 6.09 Å². The van der Waals surface area contributed by atoms with Crippen molar-refractivity contribution in [2.45, 2.75) is 33.8 Å². The van der Waals surface area contributed by atoms with E-state index in [9.17, 15) is 4.79 Å². The van der Waals surface area contributed by atoms with E-state index < -0.39 is 6.09 Å². The number of ether oxygens (including phenoxy) is 3. The highest BCUT2D eigenvalue weighted by molar-refractivity contribution is 6.37. The second-order valence-electron chi connectivity index (χ2n) is 7.55. The van der Waals surface area contributed by atoms with Gasteiger partial charge < -0.3 is 14.2 Å². The molecule has 1 atom stereocenters. The lowest BCUT2D eigenvalue weighted by molar-refractivity contribution is 0.187. The first-order valence-corrected chi connectivity index (χ1v) is 10.2. The van der Waals surface area contributed by atoms with Crippen LogP contribution in [-0.2, 0) is 11.3 Å². The number of carbonyl (C=O) groups excluding carboxylic acids is 1. The minimum absolute atomic E-state index is 0.212. The number of methoxy groups -OCH3 is 1. The van der Waals surface area contributed by atoms with Crippen molar-refractivity contribution in [3.63, 3.8) is 0 Å². The van der Waals surface area contributed by atoms with Gasteiger partial charge in [0.2, 0.25) is 0 Å². The topological polar surface area (TPSA) is 69.7 Å². The Balaban J connectivity index is 1.90. The first-order chi connectivity index (χ1) is 13.8. The lowest BCUT2D eigenvalue weighted by Crippen LogP contribution is -2.15. The number of carbonyl (C=O) groups is 1. The third kappa shape index (κ3) is 4.87. The van der Waals surface area contributed by atoms with Gasteiger partial charge in [-0.25, -0.2) is 9.78 Å². The standard InChI is InChI=1S/C21H24Cl2N2O4/c1-11(2)5-12(3)9-28-17-7-16-14(6-15(17)22)18-13(10-29-16)8-24-20(19(18)23)25-21(26)27-4/h6-8,11-12H,5,9-10H2,1-4H3,(H,24,25,26)/t12-/m1/s1. The van der Waals surface area contributed by atoms with Gasteiger partial charge in [-0.3, -0.25) is 5.32 Å². The number of hydrogen-bond donors (Lipinski definition) is 1. The second kappa shape index (κ2) is 9.09. The number of amides is 1. The summed E-state index contributed by atoms with van der Waals surface area (Å²) in [5.74, 6) is 2.42. The number of aromatic nitrogens is 1. The molecule has 0 bridgehead atoms.